The van der Waals surface area contributed by atoms with Crippen LogP contribution in [-0.2, 0) is 14.3 Å². The first-order chi connectivity index (χ1) is 11.6. The molecule has 0 spiro atoms. The Hall–Kier alpha value is -2.82. The molecule has 2 rings (SSSR count). The van der Waals surface area contributed by atoms with Crippen LogP contribution in [0.25, 0.3) is 6.08 Å². The van der Waals surface area contributed by atoms with Crippen molar-refractivity contribution in [3.63, 3.8) is 0 Å². The molecule has 1 aromatic heterocycles. The minimum Gasteiger partial charge on any atom is -0.465 e. The smallest absolute Gasteiger partial charge is 0.331 e. The Bertz CT molecular complexity index is 687. The molecule has 1 aromatic carbocycles. The van der Waals surface area contributed by atoms with Crippen molar-refractivity contribution in [2.75, 3.05) is 6.61 Å². The van der Waals surface area contributed by atoms with Gasteiger partial charge in [0, 0.05) is 6.08 Å². The van der Waals surface area contributed by atoms with Crippen LogP contribution in [0.4, 0.5) is 0 Å². The third-order valence-corrected chi connectivity index (χ3v) is 3.50. The predicted octanol–water partition coefficient (Wildman–Crippen LogP) is 3.41. The Morgan fingerprint density at radius 3 is 2.62 bits per heavy atom. The number of carbonyl (C=O) groups is 2. The zero-order valence-corrected chi connectivity index (χ0v) is 13.8. The lowest BCUT2D eigenvalue weighted by molar-refractivity contribution is -0.144. The highest BCUT2D eigenvalue weighted by molar-refractivity contribution is 5.89. The predicted molar refractivity (Wildman–Crippen MR) is 91.1 cm³/mol. The van der Waals surface area contributed by atoms with Gasteiger partial charge in [0.15, 0.2) is 6.61 Å². The number of hydrogen-bond acceptors (Lipinski definition) is 4. The Balaban J connectivity index is 1.81. The number of aryl methyl sites for hydroxylation is 1. The quantitative estimate of drug-likeness (QED) is 0.625. The highest BCUT2D eigenvalue weighted by atomic mass is 16.5. The van der Waals surface area contributed by atoms with E-state index in [0.29, 0.717) is 5.76 Å². The Morgan fingerprint density at radius 2 is 2.00 bits per heavy atom. The van der Waals surface area contributed by atoms with Gasteiger partial charge in [-0.3, -0.25) is 4.79 Å². The van der Waals surface area contributed by atoms with E-state index in [9.17, 15) is 9.59 Å². The summed E-state index contributed by atoms with van der Waals surface area (Å²) in [6, 6.07) is 11.3. The van der Waals surface area contributed by atoms with Crippen molar-refractivity contribution in [3.05, 3.63) is 65.6 Å². The fourth-order valence-corrected chi connectivity index (χ4v) is 2.18. The van der Waals surface area contributed by atoms with Gasteiger partial charge in [-0.25, -0.2) is 4.79 Å². The summed E-state index contributed by atoms with van der Waals surface area (Å²) in [6.07, 6.45) is 4.97. The fraction of sp³-hybridized carbons (Fsp3) is 0.263. The molecule has 1 N–H and O–H groups in total. The highest BCUT2D eigenvalue weighted by Crippen LogP contribution is 2.16. The van der Waals surface area contributed by atoms with Gasteiger partial charge in [-0.1, -0.05) is 36.8 Å². The summed E-state index contributed by atoms with van der Waals surface area (Å²) in [6.45, 7) is 3.69. The van der Waals surface area contributed by atoms with E-state index < -0.39 is 5.97 Å². The molecule has 1 heterocycles. The summed E-state index contributed by atoms with van der Waals surface area (Å²) in [5.74, 6) is -0.381. The molecule has 0 fully saturated rings. The number of amides is 1. The van der Waals surface area contributed by atoms with E-state index in [2.05, 4.69) is 5.32 Å². The number of hydrogen-bond donors (Lipinski definition) is 1. The topological polar surface area (TPSA) is 68.5 Å². The normalized spacial score (nSPS) is 12.1. The molecule has 0 saturated heterocycles. The van der Waals surface area contributed by atoms with Gasteiger partial charge in [0.05, 0.1) is 12.3 Å². The SMILES string of the molecule is CC[C@H](NC(=O)COC(=O)/C=C/c1ccco1)c1ccc(C)cc1. The molecule has 1 amide bonds. The van der Waals surface area contributed by atoms with Gasteiger partial charge in [-0.15, -0.1) is 0 Å². The van der Waals surface area contributed by atoms with Crippen molar-refractivity contribution >= 4 is 18.0 Å². The van der Waals surface area contributed by atoms with Gasteiger partial charge in [-0.2, -0.15) is 0 Å². The second-order valence-corrected chi connectivity index (χ2v) is 5.40. The molecule has 0 radical (unpaired) electrons. The molecule has 2 aromatic rings. The zero-order chi connectivity index (χ0) is 17.4. The van der Waals surface area contributed by atoms with Gasteiger partial charge in [0.1, 0.15) is 5.76 Å². The van der Waals surface area contributed by atoms with E-state index in [-0.39, 0.29) is 18.6 Å². The third-order valence-electron chi connectivity index (χ3n) is 3.50. The Morgan fingerprint density at radius 1 is 1.25 bits per heavy atom. The van der Waals surface area contributed by atoms with Crippen LogP contribution < -0.4 is 5.32 Å². The van der Waals surface area contributed by atoms with E-state index >= 15 is 0 Å². The van der Waals surface area contributed by atoms with E-state index in [1.54, 1.807) is 12.1 Å². The maximum atomic E-state index is 12.0. The molecule has 0 aliphatic carbocycles. The lowest BCUT2D eigenvalue weighted by atomic mass is 10.0. The van der Waals surface area contributed by atoms with Crippen molar-refractivity contribution < 1.29 is 18.7 Å². The first-order valence-electron chi connectivity index (χ1n) is 7.82. The van der Waals surface area contributed by atoms with Gasteiger partial charge in [0.25, 0.3) is 5.91 Å². The minimum absolute atomic E-state index is 0.101. The summed E-state index contributed by atoms with van der Waals surface area (Å²) in [5.41, 5.74) is 2.19. The highest BCUT2D eigenvalue weighted by Gasteiger charge is 2.13. The van der Waals surface area contributed by atoms with Crippen molar-refractivity contribution in [3.8, 4) is 0 Å². The molecule has 24 heavy (non-hydrogen) atoms. The van der Waals surface area contributed by atoms with Crippen molar-refractivity contribution in [1.29, 1.82) is 0 Å². The molecule has 0 unspecified atom stereocenters. The molecular formula is C19H21NO4. The number of esters is 1. The summed E-state index contributed by atoms with van der Waals surface area (Å²) < 4.78 is 9.98. The van der Waals surface area contributed by atoms with Crippen molar-refractivity contribution in [2.45, 2.75) is 26.3 Å². The number of carbonyl (C=O) groups excluding carboxylic acids is 2. The number of benzene rings is 1. The average Bonchev–Trinajstić information content (AvgIpc) is 3.10. The maximum Gasteiger partial charge on any atom is 0.331 e. The maximum absolute atomic E-state index is 12.0. The zero-order valence-electron chi connectivity index (χ0n) is 13.8. The molecular weight excluding hydrogens is 306 g/mol. The van der Waals surface area contributed by atoms with Crippen LogP contribution in [0.3, 0.4) is 0 Å². The van der Waals surface area contributed by atoms with Crippen LogP contribution in [0.2, 0.25) is 0 Å². The van der Waals surface area contributed by atoms with Crippen LogP contribution in [-0.4, -0.2) is 18.5 Å². The number of furan rings is 1. The minimum atomic E-state index is -0.593. The van der Waals surface area contributed by atoms with E-state index in [1.165, 1.54) is 18.4 Å². The largest absolute Gasteiger partial charge is 0.465 e. The van der Waals surface area contributed by atoms with Gasteiger partial charge >= 0.3 is 5.97 Å². The summed E-state index contributed by atoms with van der Waals surface area (Å²) in [4.78, 5) is 23.5. The molecule has 0 aliphatic heterocycles. The third kappa shape index (κ3) is 5.43. The second-order valence-electron chi connectivity index (χ2n) is 5.40. The fourth-order valence-electron chi connectivity index (χ4n) is 2.18. The molecule has 5 nitrogen and oxygen atoms in total. The van der Waals surface area contributed by atoms with E-state index in [1.807, 2.05) is 38.1 Å². The van der Waals surface area contributed by atoms with Gasteiger partial charge in [0.2, 0.25) is 0 Å². The summed E-state index contributed by atoms with van der Waals surface area (Å²) >= 11 is 0. The van der Waals surface area contributed by atoms with Gasteiger partial charge < -0.3 is 14.5 Å². The van der Waals surface area contributed by atoms with Crippen LogP contribution in [0.15, 0.2) is 53.2 Å². The van der Waals surface area contributed by atoms with Crippen molar-refractivity contribution in [1.82, 2.24) is 5.32 Å². The molecule has 0 aliphatic rings. The molecule has 0 saturated carbocycles. The number of nitrogens with one attached hydrogen (secondary N) is 1. The second kappa shape index (κ2) is 8.72. The number of ether oxygens (including phenoxy) is 1. The first-order valence-corrected chi connectivity index (χ1v) is 7.82. The lowest BCUT2D eigenvalue weighted by Crippen LogP contribution is -2.32. The van der Waals surface area contributed by atoms with Crippen LogP contribution in [0.1, 0.15) is 36.3 Å². The molecule has 126 valence electrons. The summed E-state index contributed by atoms with van der Waals surface area (Å²) in [7, 11) is 0. The summed E-state index contributed by atoms with van der Waals surface area (Å²) in [5, 5.41) is 2.87. The monoisotopic (exact) mass is 327 g/mol. The van der Waals surface area contributed by atoms with Crippen LogP contribution in [0.5, 0.6) is 0 Å². The van der Waals surface area contributed by atoms with E-state index in [4.69, 9.17) is 9.15 Å². The number of rotatable bonds is 7. The first kappa shape index (κ1) is 17.5. The molecule has 5 heteroatoms. The van der Waals surface area contributed by atoms with Crippen LogP contribution in [0, 0.1) is 6.92 Å². The van der Waals surface area contributed by atoms with Crippen LogP contribution >= 0.6 is 0 Å². The van der Waals surface area contributed by atoms with Gasteiger partial charge in [-0.05, 0) is 37.1 Å². The lowest BCUT2D eigenvalue weighted by Gasteiger charge is -2.17. The molecule has 1 atom stereocenters. The van der Waals surface area contributed by atoms with Crippen molar-refractivity contribution in [2.24, 2.45) is 0 Å². The average molecular weight is 327 g/mol. The van der Waals surface area contributed by atoms with E-state index in [0.717, 1.165) is 17.5 Å². The molecule has 0 bridgehead atoms. The standard InChI is InChI=1S/C19H21NO4/c1-3-17(15-8-6-14(2)7-9-15)20-18(21)13-24-19(22)11-10-16-5-4-12-23-16/h4-12,17H,3,13H2,1-2H3,(H,20,21)/b11-10+/t17-/m0/s1. The Labute approximate surface area is 141 Å². The Kier molecular flexibility index (Phi) is 6.37.